The number of methoxy groups -OCH3 is 2. The minimum absolute atomic E-state index is 0.0126. The Morgan fingerprint density at radius 1 is 0.882 bits per heavy atom. The minimum Gasteiger partial charge on any atom is -0.497 e. The predicted octanol–water partition coefficient (Wildman–Crippen LogP) is 5.02. The van der Waals surface area contributed by atoms with Gasteiger partial charge in [0.2, 0.25) is 5.91 Å². The van der Waals surface area contributed by atoms with Crippen LogP contribution in [-0.2, 0) is 17.8 Å². The van der Waals surface area contributed by atoms with Crippen LogP contribution in [-0.4, -0.2) is 38.1 Å². The molecule has 3 aromatic carbocycles. The lowest BCUT2D eigenvalue weighted by molar-refractivity contribution is -0.127. The monoisotopic (exact) mass is 458 g/mol. The Balaban J connectivity index is 1.40. The number of hydrogen-bond acceptors (Lipinski definition) is 4. The molecule has 0 spiro atoms. The topological polar surface area (TPSA) is 50.8 Å². The van der Waals surface area contributed by atoms with E-state index in [4.69, 9.17) is 9.47 Å². The highest BCUT2D eigenvalue weighted by Gasteiger charge is 2.32. The van der Waals surface area contributed by atoms with E-state index in [1.54, 1.807) is 14.2 Å². The fourth-order valence-corrected chi connectivity index (χ4v) is 4.76. The molecule has 1 amide bonds. The second kappa shape index (κ2) is 11.7. The number of carbonyl (C=O) groups is 1. The maximum absolute atomic E-state index is 13.1. The molecule has 0 unspecified atom stereocenters. The van der Waals surface area contributed by atoms with E-state index < -0.39 is 0 Å². The number of nitrogens with zero attached hydrogens (tertiary/aromatic N) is 1. The molecule has 5 heteroatoms. The van der Waals surface area contributed by atoms with Gasteiger partial charge in [-0.3, -0.25) is 9.69 Å². The van der Waals surface area contributed by atoms with E-state index in [-0.39, 0.29) is 11.8 Å². The maximum Gasteiger partial charge on any atom is 0.224 e. The van der Waals surface area contributed by atoms with Gasteiger partial charge in [-0.15, -0.1) is 0 Å². The lowest BCUT2D eigenvalue weighted by atomic mass is 9.88. The van der Waals surface area contributed by atoms with Gasteiger partial charge < -0.3 is 14.8 Å². The SMILES string of the molecule is COc1ccc(CCNC(=O)[C@H]2CC[C@H](c3ccccc3)N(Cc3cccc(OC)c3)C2)cc1. The first-order chi connectivity index (χ1) is 16.7. The van der Waals surface area contributed by atoms with E-state index in [0.717, 1.165) is 43.9 Å². The molecule has 1 heterocycles. The van der Waals surface area contributed by atoms with Gasteiger partial charge in [-0.1, -0.05) is 54.6 Å². The van der Waals surface area contributed by atoms with Crippen molar-refractivity contribution in [2.45, 2.75) is 31.8 Å². The van der Waals surface area contributed by atoms with Crippen LogP contribution in [0.5, 0.6) is 11.5 Å². The van der Waals surface area contributed by atoms with Crippen molar-refractivity contribution in [1.29, 1.82) is 0 Å². The molecular weight excluding hydrogens is 424 g/mol. The quantitative estimate of drug-likeness (QED) is 0.489. The summed E-state index contributed by atoms with van der Waals surface area (Å²) < 4.78 is 10.6. The number of rotatable bonds is 9. The van der Waals surface area contributed by atoms with Gasteiger partial charge in [-0.05, 0) is 60.2 Å². The molecule has 1 N–H and O–H groups in total. The number of benzene rings is 3. The first-order valence-corrected chi connectivity index (χ1v) is 12.0. The summed E-state index contributed by atoms with van der Waals surface area (Å²) in [6.45, 7) is 2.16. The minimum atomic E-state index is -0.0126. The molecule has 0 radical (unpaired) electrons. The second-order valence-corrected chi connectivity index (χ2v) is 8.87. The third kappa shape index (κ3) is 6.17. The fraction of sp³-hybridized carbons (Fsp3) is 0.345. The number of carbonyl (C=O) groups excluding carboxylic acids is 1. The molecule has 1 aliphatic rings. The number of amides is 1. The number of nitrogens with one attached hydrogen (secondary N) is 1. The molecule has 5 nitrogen and oxygen atoms in total. The van der Waals surface area contributed by atoms with Crippen LogP contribution in [0.25, 0.3) is 0 Å². The van der Waals surface area contributed by atoms with Crippen LogP contribution >= 0.6 is 0 Å². The Hall–Kier alpha value is -3.31. The maximum atomic E-state index is 13.1. The van der Waals surface area contributed by atoms with Gasteiger partial charge in [0.1, 0.15) is 11.5 Å². The van der Waals surface area contributed by atoms with Gasteiger partial charge >= 0.3 is 0 Å². The summed E-state index contributed by atoms with van der Waals surface area (Å²) >= 11 is 0. The van der Waals surface area contributed by atoms with E-state index in [1.165, 1.54) is 16.7 Å². The number of likely N-dealkylation sites (tertiary alicyclic amines) is 1. The molecule has 0 aliphatic carbocycles. The third-order valence-corrected chi connectivity index (χ3v) is 6.63. The zero-order valence-electron chi connectivity index (χ0n) is 20.1. The average Bonchev–Trinajstić information content (AvgIpc) is 2.89. The average molecular weight is 459 g/mol. The molecule has 0 aromatic heterocycles. The van der Waals surface area contributed by atoms with Crippen LogP contribution in [0.1, 0.15) is 35.6 Å². The molecule has 0 saturated carbocycles. The van der Waals surface area contributed by atoms with Gasteiger partial charge in [-0.2, -0.15) is 0 Å². The van der Waals surface area contributed by atoms with Crippen LogP contribution in [0.4, 0.5) is 0 Å². The zero-order chi connectivity index (χ0) is 23.8. The number of piperidine rings is 1. The lowest BCUT2D eigenvalue weighted by Crippen LogP contribution is -2.44. The second-order valence-electron chi connectivity index (χ2n) is 8.87. The summed E-state index contributed by atoms with van der Waals surface area (Å²) in [6.07, 6.45) is 2.66. The predicted molar refractivity (Wildman–Crippen MR) is 135 cm³/mol. The Labute approximate surface area is 202 Å². The summed E-state index contributed by atoms with van der Waals surface area (Å²) in [5, 5.41) is 3.17. The van der Waals surface area contributed by atoms with Crippen molar-refractivity contribution >= 4 is 5.91 Å². The molecule has 0 bridgehead atoms. The molecular formula is C29H34N2O3. The Kier molecular flexibility index (Phi) is 8.21. The van der Waals surface area contributed by atoms with Crippen molar-refractivity contribution in [1.82, 2.24) is 10.2 Å². The van der Waals surface area contributed by atoms with Gasteiger partial charge in [0, 0.05) is 25.7 Å². The highest BCUT2D eigenvalue weighted by Crippen LogP contribution is 2.35. The van der Waals surface area contributed by atoms with E-state index in [0.29, 0.717) is 12.6 Å². The first kappa shape index (κ1) is 23.8. The van der Waals surface area contributed by atoms with E-state index in [9.17, 15) is 4.79 Å². The number of ether oxygens (including phenoxy) is 2. The van der Waals surface area contributed by atoms with Gasteiger partial charge in [-0.25, -0.2) is 0 Å². The normalized spacial score (nSPS) is 18.3. The fourth-order valence-electron chi connectivity index (χ4n) is 4.76. The van der Waals surface area contributed by atoms with Crippen LogP contribution in [0, 0.1) is 5.92 Å². The Morgan fingerprint density at radius 3 is 2.38 bits per heavy atom. The summed E-state index contributed by atoms with van der Waals surface area (Å²) in [6, 6.07) is 27.1. The molecule has 178 valence electrons. The molecule has 1 fully saturated rings. The molecule has 34 heavy (non-hydrogen) atoms. The summed E-state index contributed by atoms with van der Waals surface area (Å²) in [7, 11) is 3.36. The summed E-state index contributed by atoms with van der Waals surface area (Å²) in [5.74, 6) is 1.84. The highest BCUT2D eigenvalue weighted by atomic mass is 16.5. The highest BCUT2D eigenvalue weighted by molar-refractivity contribution is 5.79. The Morgan fingerprint density at radius 2 is 1.65 bits per heavy atom. The molecule has 1 aliphatic heterocycles. The molecule has 3 aromatic rings. The van der Waals surface area contributed by atoms with E-state index in [1.807, 2.05) is 36.4 Å². The van der Waals surface area contributed by atoms with Crippen molar-refractivity contribution in [3.63, 3.8) is 0 Å². The van der Waals surface area contributed by atoms with Crippen molar-refractivity contribution < 1.29 is 14.3 Å². The largest absolute Gasteiger partial charge is 0.497 e. The van der Waals surface area contributed by atoms with Gasteiger partial charge in [0.25, 0.3) is 0 Å². The molecule has 2 atom stereocenters. The standard InChI is InChI=1S/C29H34N2O3/c1-33-26-14-11-22(12-15-26)17-18-30-29(32)25-13-16-28(24-8-4-3-5-9-24)31(21-25)20-23-7-6-10-27(19-23)34-2/h3-12,14-15,19,25,28H,13,16-18,20-21H2,1-2H3,(H,30,32)/t25-,28+/m0/s1. The van der Waals surface area contributed by atoms with Crippen molar-refractivity contribution in [3.8, 4) is 11.5 Å². The smallest absolute Gasteiger partial charge is 0.224 e. The van der Waals surface area contributed by atoms with E-state index in [2.05, 4.69) is 52.7 Å². The molecule has 1 saturated heterocycles. The van der Waals surface area contributed by atoms with E-state index >= 15 is 0 Å². The third-order valence-electron chi connectivity index (χ3n) is 6.63. The van der Waals surface area contributed by atoms with Crippen LogP contribution in [0.2, 0.25) is 0 Å². The van der Waals surface area contributed by atoms with Crippen LogP contribution < -0.4 is 14.8 Å². The first-order valence-electron chi connectivity index (χ1n) is 12.0. The van der Waals surface area contributed by atoms with Crippen molar-refractivity contribution in [2.75, 3.05) is 27.3 Å². The summed E-state index contributed by atoms with van der Waals surface area (Å²) in [5.41, 5.74) is 3.69. The van der Waals surface area contributed by atoms with Gasteiger partial charge in [0.15, 0.2) is 0 Å². The van der Waals surface area contributed by atoms with Gasteiger partial charge in [0.05, 0.1) is 20.1 Å². The van der Waals surface area contributed by atoms with Crippen LogP contribution in [0.15, 0.2) is 78.9 Å². The Bertz CT molecular complexity index is 1050. The van der Waals surface area contributed by atoms with Crippen molar-refractivity contribution in [2.24, 2.45) is 5.92 Å². The summed E-state index contributed by atoms with van der Waals surface area (Å²) in [4.78, 5) is 15.5. The zero-order valence-corrected chi connectivity index (χ0v) is 20.1. The molecule has 4 rings (SSSR count). The lowest BCUT2D eigenvalue weighted by Gasteiger charge is -2.39. The van der Waals surface area contributed by atoms with Crippen molar-refractivity contribution in [3.05, 3.63) is 95.6 Å². The van der Waals surface area contributed by atoms with Crippen LogP contribution in [0.3, 0.4) is 0 Å². The number of hydrogen-bond donors (Lipinski definition) is 1.